The zero-order valence-corrected chi connectivity index (χ0v) is 15.1. The molecule has 1 aromatic heterocycles. The van der Waals surface area contributed by atoms with Crippen LogP contribution in [-0.4, -0.2) is 46.9 Å². The minimum absolute atomic E-state index is 0.155. The highest BCUT2D eigenvalue weighted by Gasteiger charge is 2.24. The third-order valence-corrected chi connectivity index (χ3v) is 3.92. The number of carbonyl (C=O) groups is 2. The number of aliphatic carboxylic acids is 1. The summed E-state index contributed by atoms with van der Waals surface area (Å²) in [7, 11) is 0. The number of ether oxygens (including phenoxy) is 1. The van der Waals surface area contributed by atoms with Crippen molar-refractivity contribution in [1.82, 2.24) is 10.3 Å². The van der Waals surface area contributed by atoms with Gasteiger partial charge in [-0.15, -0.1) is 0 Å². The number of amides is 1. The van der Waals surface area contributed by atoms with Crippen molar-refractivity contribution in [2.45, 2.75) is 58.1 Å². The quantitative estimate of drug-likeness (QED) is 0.849. The molecular weight excluding hydrogens is 322 g/mol. The van der Waals surface area contributed by atoms with Crippen LogP contribution in [-0.2, 0) is 16.0 Å². The Balaban J connectivity index is 1.97. The molecule has 138 valence electrons. The average Bonchev–Trinajstić information content (AvgIpc) is 2.54. The number of carbonyl (C=O) groups excluding carboxylic acids is 1. The molecule has 1 aromatic rings. The molecule has 0 unspecified atom stereocenters. The third kappa shape index (κ3) is 6.25. The molecule has 2 heterocycles. The summed E-state index contributed by atoms with van der Waals surface area (Å²) in [5, 5.41) is 11.7. The molecular formula is C18H27N3O4. The number of alkyl carbamates (subject to hydrolysis) is 1. The first-order valence-corrected chi connectivity index (χ1v) is 8.67. The van der Waals surface area contributed by atoms with Gasteiger partial charge in [0.25, 0.3) is 0 Å². The highest BCUT2D eigenvalue weighted by molar-refractivity contribution is 5.80. The van der Waals surface area contributed by atoms with E-state index in [4.69, 9.17) is 4.74 Å². The standard InChI is InChI=1S/C18H27N3O4/c1-18(2,3)25-17(24)20-14(16(22)23)11-13-7-8-15(19-12-13)21-9-5-4-6-10-21/h7-8,12,14H,4-6,9-11H2,1-3H3,(H,20,24)(H,22,23)/t14-/m1/s1. The van der Waals surface area contributed by atoms with E-state index in [1.54, 1.807) is 27.0 Å². The molecule has 2 rings (SSSR count). The predicted molar refractivity (Wildman–Crippen MR) is 94.8 cm³/mol. The van der Waals surface area contributed by atoms with Gasteiger partial charge in [-0.2, -0.15) is 0 Å². The molecule has 1 atom stereocenters. The maximum atomic E-state index is 11.8. The predicted octanol–water partition coefficient (Wildman–Crippen LogP) is 2.59. The second kappa shape index (κ2) is 8.18. The molecule has 0 aliphatic carbocycles. The summed E-state index contributed by atoms with van der Waals surface area (Å²) in [5.74, 6) is -0.193. The van der Waals surface area contributed by atoms with Crippen LogP contribution in [0.3, 0.4) is 0 Å². The fourth-order valence-corrected chi connectivity index (χ4v) is 2.73. The van der Waals surface area contributed by atoms with Gasteiger partial charge in [0.2, 0.25) is 0 Å². The molecule has 2 N–H and O–H groups in total. The van der Waals surface area contributed by atoms with Gasteiger partial charge in [-0.25, -0.2) is 14.6 Å². The Labute approximate surface area is 148 Å². The van der Waals surface area contributed by atoms with Crippen LogP contribution in [0, 0.1) is 0 Å². The van der Waals surface area contributed by atoms with Crippen LogP contribution in [0.25, 0.3) is 0 Å². The molecule has 1 saturated heterocycles. The zero-order chi connectivity index (χ0) is 18.4. The summed E-state index contributed by atoms with van der Waals surface area (Å²) in [5.41, 5.74) is 0.0781. The number of aromatic nitrogens is 1. The van der Waals surface area contributed by atoms with Crippen LogP contribution in [0.1, 0.15) is 45.6 Å². The lowest BCUT2D eigenvalue weighted by Gasteiger charge is -2.27. The minimum Gasteiger partial charge on any atom is -0.480 e. The Hall–Kier alpha value is -2.31. The van der Waals surface area contributed by atoms with E-state index in [-0.39, 0.29) is 6.42 Å². The summed E-state index contributed by atoms with van der Waals surface area (Å²) >= 11 is 0. The number of pyridine rings is 1. The first-order valence-electron chi connectivity index (χ1n) is 8.67. The molecule has 7 nitrogen and oxygen atoms in total. The Morgan fingerprint density at radius 3 is 2.48 bits per heavy atom. The van der Waals surface area contributed by atoms with E-state index in [0.717, 1.165) is 24.5 Å². The molecule has 1 fully saturated rings. The molecule has 0 aromatic carbocycles. The summed E-state index contributed by atoms with van der Waals surface area (Å²) in [6, 6.07) is 2.72. The third-order valence-electron chi connectivity index (χ3n) is 3.92. The molecule has 1 aliphatic rings. The second-order valence-corrected chi connectivity index (χ2v) is 7.31. The number of rotatable bonds is 5. The number of hydrogen-bond acceptors (Lipinski definition) is 5. The van der Waals surface area contributed by atoms with Gasteiger partial charge >= 0.3 is 12.1 Å². The maximum absolute atomic E-state index is 11.8. The SMILES string of the molecule is CC(C)(C)OC(=O)N[C@H](Cc1ccc(N2CCCCC2)nc1)C(=O)O. The van der Waals surface area contributed by atoms with E-state index in [9.17, 15) is 14.7 Å². The fourth-order valence-electron chi connectivity index (χ4n) is 2.73. The highest BCUT2D eigenvalue weighted by atomic mass is 16.6. The van der Waals surface area contributed by atoms with Crippen LogP contribution in [0.5, 0.6) is 0 Å². The van der Waals surface area contributed by atoms with Crippen molar-refractivity contribution in [2.24, 2.45) is 0 Å². The van der Waals surface area contributed by atoms with Crippen LogP contribution in [0.4, 0.5) is 10.6 Å². The highest BCUT2D eigenvalue weighted by Crippen LogP contribution is 2.18. The number of carboxylic acids is 1. The molecule has 0 radical (unpaired) electrons. The van der Waals surface area contributed by atoms with Crippen molar-refractivity contribution in [3.63, 3.8) is 0 Å². The molecule has 1 aliphatic heterocycles. The Bertz CT molecular complexity index is 589. The fraction of sp³-hybridized carbons (Fsp3) is 0.611. The van der Waals surface area contributed by atoms with Gasteiger partial charge in [0.1, 0.15) is 17.5 Å². The largest absolute Gasteiger partial charge is 0.480 e. The Morgan fingerprint density at radius 2 is 1.96 bits per heavy atom. The first kappa shape index (κ1) is 19.0. The van der Waals surface area contributed by atoms with Crippen molar-refractivity contribution >= 4 is 17.9 Å². The van der Waals surface area contributed by atoms with E-state index in [1.165, 1.54) is 19.3 Å². The van der Waals surface area contributed by atoms with Crippen LogP contribution >= 0.6 is 0 Å². The monoisotopic (exact) mass is 349 g/mol. The van der Waals surface area contributed by atoms with Gasteiger partial charge in [0.05, 0.1) is 0 Å². The van der Waals surface area contributed by atoms with Gasteiger partial charge in [0, 0.05) is 25.7 Å². The zero-order valence-electron chi connectivity index (χ0n) is 15.1. The molecule has 25 heavy (non-hydrogen) atoms. The van der Waals surface area contributed by atoms with Crippen molar-refractivity contribution < 1.29 is 19.4 Å². The summed E-state index contributed by atoms with van der Waals surface area (Å²) in [6.07, 6.45) is 4.69. The minimum atomic E-state index is -1.11. The van der Waals surface area contributed by atoms with Gasteiger partial charge < -0.3 is 20.1 Å². The van der Waals surface area contributed by atoms with Crippen molar-refractivity contribution in [3.8, 4) is 0 Å². The van der Waals surface area contributed by atoms with Crippen LogP contribution < -0.4 is 10.2 Å². The van der Waals surface area contributed by atoms with Gasteiger partial charge in [-0.05, 0) is 51.7 Å². The van der Waals surface area contributed by atoms with Gasteiger partial charge in [0.15, 0.2) is 0 Å². The van der Waals surface area contributed by atoms with Crippen molar-refractivity contribution in [1.29, 1.82) is 0 Å². The van der Waals surface area contributed by atoms with Crippen molar-refractivity contribution in [3.05, 3.63) is 23.9 Å². The van der Waals surface area contributed by atoms with E-state index in [0.29, 0.717) is 0 Å². The molecule has 0 bridgehead atoms. The molecule has 0 spiro atoms. The lowest BCUT2D eigenvalue weighted by molar-refractivity contribution is -0.139. The van der Waals surface area contributed by atoms with Crippen LogP contribution in [0.15, 0.2) is 18.3 Å². The molecule has 1 amide bonds. The number of anilines is 1. The van der Waals surface area contributed by atoms with E-state index >= 15 is 0 Å². The number of piperidine rings is 1. The summed E-state index contributed by atoms with van der Waals surface area (Å²) in [6.45, 7) is 7.19. The van der Waals surface area contributed by atoms with Gasteiger partial charge in [-0.1, -0.05) is 6.07 Å². The topological polar surface area (TPSA) is 91.8 Å². The summed E-state index contributed by atoms with van der Waals surface area (Å²) in [4.78, 5) is 29.9. The number of nitrogens with zero attached hydrogens (tertiary/aromatic N) is 2. The first-order chi connectivity index (χ1) is 11.7. The van der Waals surface area contributed by atoms with E-state index in [2.05, 4.69) is 15.2 Å². The van der Waals surface area contributed by atoms with Gasteiger partial charge in [-0.3, -0.25) is 0 Å². The summed E-state index contributed by atoms with van der Waals surface area (Å²) < 4.78 is 5.12. The van der Waals surface area contributed by atoms with E-state index < -0.39 is 23.7 Å². The smallest absolute Gasteiger partial charge is 0.408 e. The van der Waals surface area contributed by atoms with E-state index in [1.807, 2.05) is 12.1 Å². The van der Waals surface area contributed by atoms with Crippen LogP contribution in [0.2, 0.25) is 0 Å². The second-order valence-electron chi connectivity index (χ2n) is 7.31. The number of nitrogens with one attached hydrogen (secondary N) is 1. The number of carboxylic acid groups (broad SMARTS) is 1. The maximum Gasteiger partial charge on any atom is 0.408 e. The Kier molecular flexibility index (Phi) is 6.22. The number of hydrogen-bond donors (Lipinski definition) is 2. The lowest BCUT2D eigenvalue weighted by atomic mass is 10.1. The average molecular weight is 349 g/mol. The molecule has 7 heteroatoms. The normalized spacial score (nSPS) is 16.2. The lowest BCUT2D eigenvalue weighted by Crippen LogP contribution is -2.44. The Morgan fingerprint density at radius 1 is 1.28 bits per heavy atom. The van der Waals surface area contributed by atoms with Crippen molar-refractivity contribution in [2.75, 3.05) is 18.0 Å². The molecule has 0 saturated carbocycles.